The van der Waals surface area contributed by atoms with E-state index in [1.54, 1.807) is 37.3 Å². The molecule has 4 rings (SSSR count). The molecule has 3 aromatic carbocycles. The summed E-state index contributed by atoms with van der Waals surface area (Å²) >= 11 is 0. The number of aliphatic imine (C=N–C) groups is 1. The Bertz CT molecular complexity index is 1310. The maximum atomic E-state index is 13.3. The first-order chi connectivity index (χ1) is 16.9. The minimum absolute atomic E-state index is 0.0820. The number of anilines is 2. The summed E-state index contributed by atoms with van der Waals surface area (Å²) in [4.78, 5) is 44.3. The van der Waals surface area contributed by atoms with E-state index in [1.807, 2.05) is 50.2 Å². The summed E-state index contributed by atoms with van der Waals surface area (Å²) in [6, 6.07) is 19.8. The van der Waals surface area contributed by atoms with E-state index < -0.39 is 5.97 Å². The molecule has 0 aliphatic carbocycles. The fourth-order valence-electron chi connectivity index (χ4n) is 3.85. The molecule has 0 unspecified atom stereocenters. The van der Waals surface area contributed by atoms with E-state index >= 15 is 0 Å². The number of carbonyl (C=O) groups is 3. The first-order valence-electron chi connectivity index (χ1n) is 11.5. The van der Waals surface area contributed by atoms with Gasteiger partial charge in [0.15, 0.2) is 0 Å². The Morgan fingerprint density at radius 2 is 1.74 bits per heavy atom. The minimum Gasteiger partial charge on any atom is -0.462 e. The molecule has 1 N–H and O–H groups in total. The maximum Gasteiger partial charge on any atom is 0.338 e. The molecule has 0 atom stereocenters. The normalized spacial score (nSPS) is 12.9. The summed E-state index contributed by atoms with van der Waals surface area (Å²) in [6.07, 6.45) is 0.0820. The summed E-state index contributed by atoms with van der Waals surface area (Å²) in [7, 11) is 0. The first-order valence-corrected chi connectivity index (χ1v) is 11.5. The molecule has 1 aliphatic heterocycles. The van der Waals surface area contributed by atoms with Crippen molar-refractivity contribution in [1.82, 2.24) is 0 Å². The van der Waals surface area contributed by atoms with Crippen molar-refractivity contribution in [1.29, 1.82) is 0 Å². The molecule has 7 nitrogen and oxygen atoms in total. The number of benzene rings is 3. The van der Waals surface area contributed by atoms with Crippen LogP contribution in [-0.2, 0) is 14.3 Å². The van der Waals surface area contributed by atoms with Crippen LogP contribution < -0.4 is 10.2 Å². The van der Waals surface area contributed by atoms with Crippen molar-refractivity contribution in [3.8, 4) is 0 Å². The summed E-state index contributed by atoms with van der Waals surface area (Å²) in [5, 5.41) is 2.79. The highest BCUT2D eigenvalue weighted by Gasteiger charge is 2.26. The quantitative estimate of drug-likeness (QED) is 0.516. The Kier molecular flexibility index (Phi) is 7.06. The lowest BCUT2D eigenvalue weighted by atomic mass is 10.0. The van der Waals surface area contributed by atoms with Crippen LogP contribution in [0, 0.1) is 13.8 Å². The molecule has 178 valence electrons. The third-order valence-electron chi connectivity index (χ3n) is 5.87. The number of esters is 1. The third kappa shape index (κ3) is 5.46. The predicted octanol–water partition coefficient (Wildman–Crippen LogP) is 4.98. The van der Waals surface area contributed by atoms with Gasteiger partial charge in [-0.25, -0.2) is 4.79 Å². The van der Waals surface area contributed by atoms with Crippen molar-refractivity contribution >= 4 is 40.6 Å². The van der Waals surface area contributed by atoms with E-state index in [2.05, 4.69) is 5.32 Å². The fraction of sp³-hybridized carbons (Fsp3) is 0.214. The average Bonchev–Trinajstić information content (AvgIpc) is 2.98. The highest BCUT2D eigenvalue weighted by Crippen LogP contribution is 2.33. The van der Waals surface area contributed by atoms with E-state index in [9.17, 15) is 14.4 Å². The van der Waals surface area contributed by atoms with E-state index in [4.69, 9.17) is 9.73 Å². The van der Waals surface area contributed by atoms with E-state index in [-0.39, 0.29) is 31.4 Å². The van der Waals surface area contributed by atoms with Gasteiger partial charge in [-0.15, -0.1) is 0 Å². The van der Waals surface area contributed by atoms with Gasteiger partial charge < -0.3 is 15.0 Å². The second-order valence-electron chi connectivity index (χ2n) is 8.35. The summed E-state index contributed by atoms with van der Waals surface area (Å²) < 4.78 is 4.98. The van der Waals surface area contributed by atoms with Gasteiger partial charge >= 0.3 is 5.97 Å². The van der Waals surface area contributed by atoms with E-state index in [0.717, 1.165) is 11.1 Å². The molecule has 0 saturated carbocycles. The number of fused-ring (bicyclic) bond motifs is 1. The van der Waals surface area contributed by atoms with Gasteiger partial charge in [0.05, 0.1) is 35.7 Å². The Morgan fingerprint density at radius 3 is 2.46 bits per heavy atom. The SMILES string of the molecule is CCOC(=O)c1ccc(NC(=O)CN2C(=O)CC(c3ccc(C)c(C)c3)=Nc3ccccc32)cc1. The number of aryl methyl sites for hydroxylation is 2. The van der Waals surface area contributed by atoms with Crippen molar-refractivity contribution in [2.75, 3.05) is 23.4 Å². The van der Waals surface area contributed by atoms with Gasteiger partial charge in [0.2, 0.25) is 11.8 Å². The molecule has 0 aromatic heterocycles. The van der Waals surface area contributed by atoms with Crippen molar-refractivity contribution in [2.24, 2.45) is 4.99 Å². The van der Waals surface area contributed by atoms with Crippen molar-refractivity contribution in [2.45, 2.75) is 27.2 Å². The molecule has 0 fully saturated rings. The predicted molar refractivity (Wildman–Crippen MR) is 137 cm³/mol. The van der Waals surface area contributed by atoms with Gasteiger partial charge in [-0.3, -0.25) is 14.6 Å². The molecule has 1 heterocycles. The topological polar surface area (TPSA) is 88.1 Å². The van der Waals surface area contributed by atoms with Crippen LogP contribution in [0.25, 0.3) is 0 Å². The molecule has 0 bridgehead atoms. The molecule has 35 heavy (non-hydrogen) atoms. The number of nitrogens with one attached hydrogen (secondary N) is 1. The number of amides is 2. The highest BCUT2D eigenvalue weighted by atomic mass is 16.5. The van der Waals surface area contributed by atoms with Crippen LogP contribution in [0.1, 0.15) is 40.4 Å². The Morgan fingerprint density at radius 1 is 1.00 bits per heavy atom. The van der Waals surface area contributed by atoms with Gasteiger partial charge in [-0.2, -0.15) is 0 Å². The molecule has 0 saturated heterocycles. The van der Waals surface area contributed by atoms with Crippen LogP contribution in [-0.4, -0.2) is 36.6 Å². The number of rotatable bonds is 6. The van der Waals surface area contributed by atoms with Crippen molar-refractivity contribution < 1.29 is 19.1 Å². The molecule has 0 radical (unpaired) electrons. The number of nitrogens with zero attached hydrogens (tertiary/aromatic N) is 2. The zero-order chi connectivity index (χ0) is 24.9. The summed E-state index contributed by atoms with van der Waals surface area (Å²) in [5.41, 5.74) is 6.00. The highest BCUT2D eigenvalue weighted by molar-refractivity contribution is 6.19. The van der Waals surface area contributed by atoms with Gasteiger partial charge in [-0.05, 0) is 79.9 Å². The molecule has 0 spiro atoms. The summed E-state index contributed by atoms with van der Waals surface area (Å²) in [5.74, 6) is -0.983. The Labute approximate surface area is 204 Å². The number of carbonyl (C=O) groups excluding carboxylic acids is 3. The molecule has 1 aliphatic rings. The maximum absolute atomic E-state index is 13.3. The van der Waals surface area contributed by atoms with Gasteiger partial charge in [0, 0.05) is 5.69 Å². The summed E-state index contributed by atoms with van der Waals surface area (Å²) in [6.45, 7) is 5.94. The van der Waals surface area contributed by atoms with Crippen molar-refractivity contribution in [3.63, 3.8) is 0 Å². The van der Waals surface area contributed by atoms with Crippen LogP contribution in [0.5, 0.6) is 0 Å². The van der Waals surface area contributed by atoms with Crippen molar-refractivity contribution in [3.05, 3.63) is 89.0 Å². The van der Waals surface area contributed by atoms with Gasteiger partial charge in [0.1, 0.15) is 6.54 Å². The molecular weight excluding hydrogens is 442 g/mol. The third-order valence-corrected chi connectivity index (χ3v) is 5.87. The second-order valence-corrected chi connectivity index (χ2v) is 8.35. The number of hydrogen-bond donors (Lipinski definition) is 1. The van der Waals surface area contributed by atoms with Gasteiger partial charge in [-0.1, -0.05) is 24.3 Å². The molecule has 2 amide bonds. The smallest absolute Gasteiger partial charge is 0.338 e. The van der Waals surface area contributed by atoms with Gasteiger partial charge in [0.25, 0.3) is 0 Å². The second kappa shape index (κ2) is 10.3. The van der Waals surface area contributed by atoms with Crippen LogP contribution in [0.2, 0.25) is 0 Å². The standard InChI is InChI=1S/C28H27N3O4/c1-4-35-28(34)20-11-13-22(14-12-20)29-26(32)17-31-25-8-6-5-7-23(25)30-24(16-27(31)33)21-10-9-18(2)19(3)15-21/h5-15H,4,16-17H2,1-3H3,(H,29,32). The van der Waals surface area contributed by atoms with Crippen LogP contribution >= 0.6 is 0 Å². The lowest BCUT2D eigenvalue weighted by molar-refractivity contribution is -0.120. The molecule has 7 heteroatoms. The Balaban J connectivity index is 1.53. The lowest BCUT2D eigenvalue weighted by Gasteiger charge is -2.22. The minimum atomic E-state index is -0.420. The number of para-hydroxylation sites is 2. The zero-order valence-electron chi connectivity index (χ0n) is 20.0. The van der Waals surface area contributed by atoms with E-state index in [0.29, 0.717) is 28.3 Å². The van der Waals surface area contributed by atoms with Crippen LogP contribution in [0.15, 0.2) is 71.7 Å². The average molecular weight is 470 g/mol. The largest absolute Gasteiger partial charge is 0.462 e. The first kappa shape index (κ1) is 23.9. The number of ether oxygens (including phenoxy) is 1. The zero-order valence-corrected chi connectivity index (χ0v) is 20.0. The monoisotopic (exact) mass is 469 g/mol. The lowest BCUT2D eigenvalue weighted by Crippen LogP contribution is -2.38. The molecular formula is C28H27N3O4. The van der Waals surface area contributed by atoms with Crippen LogP contribution in [0.4, 0.5) is 17.1 Å². The van der Waals surface area contributed by atoms with Crippen LogP contribution in [0.3, 0.4) is 0 Å². The fourth-order valence-corrected chi connectivity index (χ4v) is 3.85. The number of hydrogen-bond acceptors (Lipinski definition) is 5. The Hall–Kier alpha value is -4.26. The van der Waals surface area contributed by atoms with E-state index in [1.165, 1.54) is 10.5 Å². The molecule has 3 aromatic rings.